The Hall–Kier alpha value is -4.31. The Morgan fingerprint density at radius 1 is 1.07 bits per heavy atom. The van der Waals surface area contributed by atoms with Gasteiger partial charge in [-0.1, -0.05) is 24.3 Å². The van der Waals surface area contributed by atoms with Crippen molar-refractivity contribution >= 4 is 38.6 Å². The fraction of sp³-hybridized carbons (Fsp3) is 0.290. The number of carbonyl (C=O) groups excluding carboxylic acids is 2. The van der Waals surface area contributed by atoms with Gasteiger partial charge in [0.15, 0.2) is 0 Å². The molecular weight excluding hydrogens is 542 g/mol. The van der Waals surface area contributed by atoms with Crippen LogP contribution in [0.5, 0.6) is 5.75 Å². The zero-order valence-corrected chi connectivity index (χ0v) is 23.6. The molecule has 10 heteroatoms. The van der Waals surface area contributed by atoms with E-state index in [0.717, 1.165) is 16.5 Å². The molecule has 0 unspecified atom stereocenters. The maximum atomic E-state index is 12.9. The van der Waals surface area contributed by atoms with E-state index < -0.39 is 53.7 Å². The first-order valence-electron chi connectivity index (χ1n) is 15.3. The Morgan fingerprint density at radius 3 is 2.56 bits per heavy atom. The van der Waals surface area contributed by atoms with Crippen molar-refractivity contribution in [3.63, 3.8) is 0 Å². The monoisotopic (exact) mass is 580 g/mol. The molecule has 9 nitrogen and oxygen atoms in total. The number of nitrogens with zero attached hydrogens (tertiary/aromatic N) is 1. The lowest BCUT2D eigenvalue weighted by Gasteiger charge is -2.13. The molecule has 0 atom stereocenters. The number of carbonyl (C=O) groups is 2. The zero-order chi connectivity index (χ0) is 33.7. The lowest BCUT2D eigenvalue weighted by atomic mass is 10.0. The van der Waals surface area contributed by atoms with E-state index >= 15 is 0 Å². The van der Waals surface area contributed by atoms with Gasteiger partial charge in [-0.05, 0) is 85.6 Å². The van der Waals surface area contributed by atoms with Gasteiger partial charge >= 0.3 is 6.09 Å². The molecule has 0 spiro atoms. The molecule has 0 aliphatic heterocycles. The SMILES string of the molecule is [2H]C1(OC(=O)Nc2ccc3c(c2)c(Cc2ccc(C(=O)NS(=O)(=O)c4ccccc4C)cc2OC)cn3C)CC([2H])([2H])C([2H])([2H])C1. The van der Waals surface area contributed by atoms with Crippen LogP contribution < -0.4 is 14.8 Å². The highest BCUT2D eigenvalue weighted by Gasteiger charge is 2.22. The van der Waals surface area contributed by atoms with Crippen LogP contribution in [0.2, 0.25) is 0 Å². The third kappa shape index (κ3) is 6.22. The third-order valence-corrected chi connectivity index (χ3v) is 8.28. The van der Waals surface area contributed by atoms with E-state index in [4.69, 9.17) is 16.3 Å². The number of amides is 2. The summed E-state index contributed by atoms with van der Waals surface area (Å²) in [4.78, 5) is 25.6. The first-order valence-corrected chi connectivity index (χ1v) is 14.3. The van der Waals surface area contributed by atoms with E-state index in [2.05, 4.69) is 10.0 Å². The predicted molar refractivity (Wildman–Crippen MR) is 157 cm³/mol. The summed E-state index contributed by atoms with van der Waals surface area (Å²) in [6.45, 7) is 1.64. The molecule has 5 rings (SSSR count). The van der Waals surface area contributed by atoms with Crippen molar-refractivity contribution in [1.29, 1.82) is 0 Å². The summed E-state index contributed by atoms with van der Waals surface area (Å²) in [5.41, 5.74) is 3.36. The van der Waals surface area contributed by atoms with Crippen LogP contribution >= 0.6 is 0 Å². The number of sulfonamides is 1. The maximum Gasteiger partial charge on any atom is 0.411 e. The molecule has 0 bridgehead atoms. The molecule has 4 aromatic rings. The Morgan fingerprint density at radius 2 is 1.83 bits per heavy atom. The quantitative estimate of drug-likeness (QED) is 0.276. The number of hydrogen-bond acceptors (Lipinski definition) is 6. The summed E-state index contributed by atoms with van der Waals surface area (Å²) in [6, 6.07) is 16.2. The van der Waals surface area contributed by atoms with Crippen LogP contribution in [-0.4, -0.2) is 38.2 Å². The summed E-state index contributed by atoms with van der Waals surface area (Å²) in [7, 11) is -0.792. The van der Waals surface area contributed by atoms with Crippen molar-refractivity contribution < 1.29 is 34.3 Å². The Bertz CT molecular complexity index is 1950. The van der Waals surface area contributed by atoms with Crippen LogP contribution in [0.25, 0.3) is 10.9 Å². The summed E-state index contributed by atoms with van der Waals surface area (Å²) < 4.78 is 80.2. The number of aryl methyl sites for hydroxylation is 2. The van der Waals surface area contributed by atoms with E-state index in [1.54, 1.807) is 49.4 Å². The highest BCUT2D eigenvalue weighted by Crippen LogP contribution is 2.30. The molecule has 1 aliphatic carbocycles. The second-order valence-corrected chi connectivity index (χ2v) is 11.3. The van der Waals surface area contributed by atoms with Crippen LogP contribution in [0, 0.1) is 6.92 Å². The highest BCUT2D eigenvalue weighted by molar-refractivity contribution is 7.90. The summed E-state index contributed by atoms with van der Waals surface area (Å²) in [6.07, 6.45) is -6.59. The lowest BCUT2D eigenvalue weighted by Crippen LogP contribution is -2.31. The number of hydrogen-bond donors (Lipinski definition) is 2. The van der Waals surface area contributed by atoms with Gasteiger partial charge in [-0.15, -0.1) is 0 Å². The van der Waals surface area contributed by atoms with Gasteiger partial charge < -0.3 is 14.0 Å². The van der Waals surface area contributed by atoms with Crippen molar-refractivity contribution in [1.82, 2.24) is 9.29 Å². The average Bonchev–Trinajstić information content (AvgIpc) is 3.34. The minimum absolute atomic E-state index is 0.00763. The molecule has 2 N–H and O–H groups in total. The maximum absolute atomic E-state index is 12.9. The molecule has 1 saturated carbocycles. The van der Waals surface area contributed by atoms with E-state index in [0.29, 0.717) is 29.0 Å². The van der Waals surface area contributed by atoms with Crippen molar-refractivity contribution in [3.05, 3.63) is 89.1 Å². The fourth-order valence-corrected chi connectivity index (χ4v) is 5.98. The molecule has 3 aromatic carbocycles. The van der Waals surface area contributed by atoms with Gasteiger partial charge in [0, 0.05) is 47.3 Å². The van der Waals surface area contributed by atoms with Gasteiger partial charge in [0.1, 0.15) is 11.8 Å². The molecule has 1 fully saturated rings. The minimum Gasteiger partial charge on any atom is -0.496 e. The van der Waals surface area contributed by atoms with Crippen molar-refractivity contribution in [2.75, 3.05) is 12.4 Å². The Balaban J connectivity index is 1.34. The first-order chi connectivity index (χ1) is 21.4. The smallest absolute Gasteiger partial charge is 0.411 e. The van der Waals surface area contributed by atoms with E-state index in [9.17, 15) is 18.0 Å². The van der Waals surface area contributed by atoms with Crippen molar-refractivity contribution in [2.24, 2.45) is 7.05 Å². The van der Waals surface area contributed by atoms with Gasteiger partial charge in [-0.2, -0.15) is 0 Å². The number of nitrogens with one attached hydrogen (secondary N) is 2. The number of anilines is 1. The number of benzene rings is 3. The summed E-state index contributed by atoms with van der Waals surface area (Å²) in [5.74, 6) is -0.437. The van der Waals surface area contributed by atoms with Crippen LogP contribution in [0.3, 0.4) is 0 Å². The van der Waals surface area contributed by atoms with E-state index in [-0.39, 0.29) is 10.5 Å². The lowest BCUT2D eigenvalue weighted by molar-refractivity contribution is 0.0980. The summed E-state index contributed by atoms with van der Waals surface area (Å²) in [5, 5.41) is 3.34. The van der Waals surface area contributed by atoms with Crippen LogP contribution in [0.15, 0.2) is 71.8 Å². The van der Waals surface area contributed by atoms with Crippen LogP contribution in [-0.2, 0) is 28.2 Å². The van der Waals surface area contributed by atoms with Gasteiger partial charge in [-0.3, -0.25) is 10.1 Å². The van der Waals surface area contributed by atoms with E-state index in [1.807, 2.05) is 17.8 Å². The predicted octanol–water partition coefficient (Wildman–Crippen LogP) is 5.70. The molecule has 2 amide bonds. The second-order valence-electron chi connectivity index (χ2n) is 9.66. The van der Waals surface area contributed by atoms with Crippen molar-refractivity contribution in [2.45, 2.75) is 49.9 Å². The number of aromatic nitrogens is 1. The second kappa shape index (κ2) is 11.7. The number of ether oxygens (including phenoxy) is 2. The molecule has 1 heterocycles. The normalized spacial score (nSPS) is 18.8. The largest absolute Gasteiger partial charge is 0.496 e. The van der Waals surface area contributed by atoms with Crippen LogP contribution in [0.4, 0.5) is 10.5 Å². The average molecular weight is 581 g/mol. The summed E-state index contributed by atoms with van der Waals surface area (Å²) >= 11 is 0. The van der Waals surface area contributed by atoms with Gasteiger partial charge in [0.25, 0.3) is 15.9 Å². The fourth-order valence-electron chi connectivity index (χ4n) is 4.75. The third-order valence-electron chi connectivity index (χ3n) is 6.79. The van der Waals surface area contributed by atoms with Gasteiger partial charge in [-0.25, -0.2) is 17.9 Å². The molecular formula is C31H33N3O6S. The van der Waals surface area contributed by atoms with Crippen molar-refractivity contribution in [3.8, 4) is 5.75 Å². The number of fused-ring (bicyclic) bond motifs is 1. The van der Waals surface area contributed by atoms with Gasteiger partial charge in [0.05, 0.1) is 13.4 Å². The van der Waals surface area contributed by atoms with Gasteiger partial charge in [0.2, 0.25) is 0 Å². The molecule has 0 saturated heterocycles. The highest BCUT2D eigenvalue weighted by atomic mass is 32.2. The number of rotatable bonds is 8. The Kier molecular flexibility index (Phi) is 6.37. The zero-order valence-electron chi connectivity index (χ0n) is 27.8. The molecule has 1 aromatic heterocycles. The first kappa shape index (κ1) is 22.4. The number of methoxy groups -OCH3 is 1. The van der Waals surface area contributed by atoms with Crippen LogP contribution in [0.1, 0.15) is 59.5 Å². The van der Waals surface area contributed by atoms with E-state index in [1.165, 1.54) is 25.3 Å². The molecule has 41 heavy (non-hydrogen) atoms. The molecule has 214 valence electrons. The topological polar surface area (TPSA) is 116 Å². The molecule has 0 radical (unpaired) electrons. The standard InChI is InChI=1S/C31H33N3O6S/c1-20-8-4-7-11-29(20)41(37,38)33-30(35)22-13-12-21(28(17-22)39-3)16-23-19-34(2)27-15-14-24(18-26(23)27)32-31(36)40-25-9-5-6-10-25/h4,7-8,11-15,17-19,25H,5-6,9-10,16H2,1-3H3,(H,32,36)(H,33,35)/i5D2,6D2,25D. The molecule has 1 aliphatic rings. The minimum atomic E-state index is -4.10. The Labute approximate surface area is 246 Å².